The van der Waals surface area contributed by atoms with Crippen molar-refractivity contribution in [2.45, 2.75) is 25.7 Å². The zero-order valence-electron chi connectivity index (χ0n) is 10.1. The number of thiophene rings is 1. The first-order chi connectivity index (χ1) is 8.68. The summed E-state index contributed by atoms with van der Waals surface area (Å²) in [5.41, 5.74) is 1.22. The smallest absolute Gasteiger partial charge is 0.314 e. The minimum atomic E-state index is -0.796. The summed E-state index contributed by atoms with van der Waals surface area (Å²) in [5, 5.41) is 18.0. The van der Waals surface area contributed by atoms with Crippen LogP contribution >= 0.6 is 11.3 Å². The number of hydrogen-bond acceptors (Lipinski definition) is 3. The third-order valence-electron chi connectivity index (χ3n) is 2.38. The molecule has 2 amide bonds. The molecule has 1 aromatic heterocycles. The van der Waals surface area contributed by atoms with Gasteiger partial charge in [0.1, 0.15) is 0 Å². The zero-order valence-corrected chi connectivity index (χ0v) is 11.0. The maximum atomic E-state index is 11.3. The predicted octanol–water partition coefficient (Wildman–Crippen LogP) is 1.84. The van der Waals surface area contributed by atoms with Gasteiger partial charge in [-0.3, -0.25) is 4.79 Å². The molecule has 0 aromatic carbocycles. The highest BCUT2D eigenvalue weighted by Gasteiger charge is 2.00. The maximum absolute atomic E-state index is 11.3. The lowest BCUT2D eigenvalue weighted by Gasteiger charge is -2.06. The summed E-state index contributed by atoms with van der Waals surface area (Å²) < 4.78 is 0. The maximum Gasteiger partial charge on any atom is 0.314 e. The SMILES string of the molecule is O=C(O)CCCCNC(=O)NCCc1ccsc1. The van der Waals surface area contributed by atoms with Crippen LogP contribution in [0.4, 0.5) is 4.79 Å². The Morgan fingerprint density at radius 2 is 2.00 bits per heavy atom. The molecule has 0 bridgehead atoms. The molecule has 1 aromatic rings. The van der Waals surface area contributed by atoms with Crippen molar-refractivity contribution in [2.24, 2.45) is 0 Å². The van der Waals surface area contributed by atoms with E-state index in [9.17, 15) is 9.59 Å². The van der Waals surface area contributed by atoms with Crippen LogP contribution in [0.1, 0.15) is 24.8 Å². The first kappa shape index (κ1) is 14.5. The monoisotopic (exact) mass is 270 g/mol. The summed E-state index contributed by atoms with van der Waals surface area (Å²) in [6.07, 6.45) is 2.26. The number of urea groups is 1. The van der Waals surface area contributed by atoms with Crippen molar-refractivity contribution in [3.8, 4) is 0 Å². The summed E-state index contributed by atoms with van der Waals surface area (Å²) in [5.74, 6) is -0.796. The number of carboxylic acids is 1. The van der Waals surface area contributed by atoms with Crippen molar-refractivity contribution in [2.75, 3.05) is 13.1 Å². The Kier molecular flexibility index (Phi) is 6.86. The van der Waals surface area contributed by atoms with Crippen LogP contribution in [0.15, 0.2) is 16.8 Å². The second-order valence-electron chi connectivity index (χ2n) is 3.92. The van der Waals surface area contributed by atoms with Crippen molar-refractivity contribution < 1.29 is 14.7 Å². The molecule has 0 saturated heterocycles. The number of carbonyl (C=O) groups is 2. The normalized spacial score (nSPS) is 10.0. The molecule has 18 heavy (non-hydrogen) atoms. The Morgan fingerprint density at radius 3 is 2.67 bits per heavy atom. The van der Waals surface area contributed by atoms with Gasteiger partial charge in [0.15, 0.2) is 0 Å². The molecule has 1 rings (SSSR count). The van der Waals surface area contributed by atoms with Gasteiger partial charge in [0.05, 0.1) is 0 Å². The van der Waals surface area contributed by atoms with E-state index < -0.39 is 5.97 Å². The van der Waals surface area contributed by atoms with Gasteiger partial charge in [0.25, 0.3) is 0 Å². The third-order valence-corrected chi connectivity index (χ3v) is 3.11. The van der Waals surface area contributed by atoms with Crippen molar-refractivity contribution in [3.05, 3.63) is 22.4 Å². The average molecular weight is 270 g/mol. The molecule has 6 heteroatoms. The van der Waals surface area contributed by atoms with Gasteiger partial charge in [-0.25, -0.2) is 4.79 Å². The van der Waals surface area contributed by atoms with Gasteiger partial charge in [-0.1, -0.05) is 0 Å². The molecule has 100 valence electrons. The van der Waals surface area contributed by atoms with Crippen LogP contribution in [0, 0.1) is 0 Å². The third kappa shape index (κ3) is 6.90. The Balaban J connectivity index is 1.95. The Morgan fingerprint density at radius 1 is 1.22 bits per heavy atom. The lowest BCUT2D eigenvalue weighted by Crippen LogP contribution is -2.37. The number of rotatable bonds is 8. The fourth-order valence-corrected chi connectivity index (χ4v) is 2.12. The van der Waals surface area contributed by atoms with Gasteiger partial charge < -0.3 is 15.7 Å². The minimum absolute atomic E-state index is 0.154. The van der Waals surface area contributed by atoms with Crippen LogP contribution in [-0.4, -0.2) is 30.2 Å². The molecular formula is C12H18N2O3S. The van der Waals surface area contributed by atoms with E-state index in [1.54, 1.807) is 11.3 Å². The van der Waals surface area contributed by atoms with Crippen LogP contribution < -0.4 is 10.6 Å². The number of amides is 2. The lowest BCUT2D eigenvalue weighted by molar-refractivity contribution is -0.137. The van der Waals surface area contributed by atoms with Gasteiger partial charge in [0.2, 0.25) is 0 Å². The van der Waals surface area contributed by atoms with E-state index in [1.165, 1.54) is 5.56 Å². The molecule has 5 nitrogen and oxygen atoms in total. The van der Waals surface area contributed by atoms with E-state index >= 15 is 0 Å². The number of aliphatic carboxylic acids is 1. The van der Waals surface area contributed by atoms with Crippen LogP contribution in [0.3, 0.4) is 0 Å². The summed E-state index contributed by atoms with van der Waals surface area (Å²) in [7, 11) is 0. The Labute approximate surface area is 110 Å². The highest BCUT2D eigenvalue weighted by atomic mass is 32.1. The predicted molar refractivity (Wildman–Crippen MR) is 70.9 cm³/mol. The minimum Gasteiger partial charge on any atom is -0.481 e. The van der Waals surface area contributed by atoms with Crippen molar-refractivity contribution in [1.29, 1.82) is 0 Å². The largest absolute Gasteiger partial charge is 0.481 e. The lowest BCUT2D eigenvalue weighted by atomic mass is 10.2. The van der Waals surface area contributed by atoms with E-state index in [4.69, 9.17) is 5.11 Å². The van der Waals surface area contributed by atoms with Gasteiger partial charge in [0, 0.05) is 19.5 Å². The van der Waals surface area contributed by atoms with E-state index in [0.717, 1.165) is 6.42 Å². The second kappa shape index (κ2) is 8.52. The quantitative estimate of drug-likeness (QED) is 0.631. The summed E-state index contributed by atoms with van der Waals surface area (Å²) in [4.78, 5) is 21.6. The number of nitrogens with one attached hydrogen (secondary N) is 2. The molecule has 3 N–H and O–H groups in total. The summed E-state index contributed by atoms with van der Waals surface area (Å²) in [6, 6.07) is 1.84. The molecule has 1 heterocycles. The highest BCUT2D eigenvalue weighted by Crippen LogP contribution is 2.05. The molecule has 0 saturated carbocycles. The van der Waals surface area contributed by atoms with Gasteiger partial charge >= 0.3 is 12.0 Å². The number of unbranched alkanes of at least 4 members (excludes halogenated alkanes) is 1. The fraction of sp³-hybridized carbons (Fsp3) is 0.500. The molecule has 0 aliphatic carbocycles. The van der Waals surface area contributed by atoms with E-state index in [1.807, 2.05) is 11.4 Å². The van der Waals surface area contributed by atoms with Crippen LogP contribution in [-0.2, 0) is 11.2 Å². The van der Waals surface area contributed by atoms with Crippen molar-refractivity contribution in [3.63, 3.8) is 0 Å². The van der Waals surface area contributed by atoms with E-state index in [0.29, 0.717) is 25.9 Å². The van der Waals surface area contributed by atoms with Crippen molar-refractivity contribution in [1.82, 2.24) is 10.6 Å². The molecule has 0 radical (unpaired) electrons. The first-order valence-corrected chi connectivity index (χ1v) is 6.87. The van der Waals surface area contributed by atoms with Crippen molar-refractivity contribution >= 4 is 23.3 Å². The van der Waals surface area contributed by atoms with E-state index in [2.05, 4.69) is 16.0 Å². The first-order valence-electron chi connectivity index (χ1n) is 5.93. The van der Waals surface area contributed by atoms with Crippen LogP contribution in [0.25, 0.3) is 0 Å². The van der Waals surface area contributed by atoms with Crippen LogP contribution in [0.2, 0.25) is 0 Å². The number of hydrogen-bond donors (Lipinski definition) is 3. The molecule has 0 atom stereocenters. The van der Waals surface area contributed by atoms with Gasteiger partial charge in [-0.15, -0.1) is 0 Å². The number of carboxylic acid groups (broad SMARTS) is 1. The molecule has 0 unspecified atom stereocenters. The fourth-order valence-electron chi connectivity index (χ4n) is 1.42. The topological polar surface area (TPSA) is 78.4 Å². The number of carbonyl (C=O) groups excluding carboxylic acids is 1. The summed E-state index contributed by atoms with van der Waals surface area (Å²) >= 11 is 1.64. The Hall–Kier alpha value is -1.56. The average Bonchev–Trinajstić information content (AvgIpc) is 2.81. The van der Waals surface area contributed by atoms with E-state index in [-0.39, 0.29) is 12.5 Å². The van der Waals surface area contributed by atoms with Crippen LogP contribution in [0.5, 0.6) is 0 Å². The molecule has 0 aliphatic heterocycles. The highest BCUT2D eigenvalue weighted by molar-refractivity contribution is 7.07. The molecule has 0 spiro atoms. The zero-order chi connectivity index (χ0) is 13.2. The summed E-state index contributed by atoms with van der Waals surface area (Å²) in [6.45, 7) is 1.12. The molecular weight excluding hydrogens is 252 g/mol. The standard InChI is InChI=1S/C12H18N2O3S/c15-11(16)3-1-2-6-13-12(17)14-7-4-10-5-8-18-9-10/h5,8-9H,1-4,6-7H2,(H,15,16)(H2,13,14,17). The van der Waals surface area contributed by atoms with Gasteiger partial charge in [-0.2, -0.15) is 11.3 Å². The molecule has 0 aliphatic rings. The molecule has 0 fully saturated rings. The second-order valence-corrected chi connectivity index (χ2v) is 4.70. The Bertz CT molecular complexity index is 365. The van der Waals surface area contributed by atoms with Gasteiger partial charge in [-0.05, 0) is 41.7 Å².